The Morgan fingerprint density at radius 1 is 1.07 bits per heavy atom. The van der Waals surface area contributed by atoms with Crippen LogP contribution in [0, 0.1) is 0 Å². The molecule has 0 aliphatic rings. The first-order valence-corrected chi connectivity index (χ1v) is 5.87. The van der Waals surface area contributed by atoms with Crippen LogP contribution in [0.15, 0.2) is 10.1 Å². The van der Waals surface area contributed by atoms with Gasteiger partial charge >= 0.3 is 0 Å². The number of nitrogens with zero attached hydrogens (tertiary/aromatic N) is 2. The number of aliphatic imine (C=N–C) groups is 1. The molecule has 0 aromatic heterocycles. The molecule has 0 fully saturated rings. The van der Waals surface area contributed by atoms with E-state index < -0.39 is 0 Å². The monoisotopic (exact) mass is 212 g/mol. The van der Waals surface area contributed by atoms with Gasteiger partial charge in [-0.2, -0.15) is 0 Å². The number of rotatable bonds is 8. The molecule has 0 bridgehead atoms. The summed E-state index contributed by atoms with van der Waals surface area (Å²) >= 11 is 0. The van der Waals surface area contributed by atoms with E-state index in [-0.39, 0.29) is 5.96 Å². The fraction of sp³-hybridized carbons (Fsp3) is 0.818. The molecule has 0 amide bonds. The maximum absolute atomic E-state index is 5.30. The topological polar surface area (TPSA) is 76.8 Å². The lowest BCUT2D eigenvalue weighted by Gasteiger charge is -1.98. The Morgan fingerprint density at radius 3 is 2.27 bits per heavy atom. The highest BCUT2D eigenvalue weighted by Gasteiger charge is 1.89. The van der Waals surface area contributed by atoms with Crippen LogP contribution in [-0.4, -0.2) is 12.2 Å². The standard InChI is InChI=1S/C11H24N4/c1-2-3-4-5-6-7-8-9-10-14-11(12)15-13/h10H,2-9,13H2,1H3,(H2,12,15)/b14-10+. The maximum atomic E-state index is 5.30. The van der Waals surface area contributed by atoms with Gasteiger partial charge in [0, 0.05) is 6.21 Å². The van der Waals surface area contributed by atoms with Crippen LogP contribution >= 0.6 is 0 Å². The quantitative estimate of drug-likeness (QED) is 0.213. The summed E-state index contributed by atoms with van der Waals surface area (Å²) in [4.78, 5) is 3.87. The SMILES string of the molecule is CCCCCCCCC/C=N/C(N)=N/N. The zero-order valence-electron chi connectivity index (χ0n) is 9.78. The second-order valence-corrected chi connectivity index (χ2v) is 3.71. The molecule has 0 aliphatic heterocycles. The fourth-order valence-electron chi connectivity index (χ4n) is 1.38. The summed E-state index contributed by atoms with van der Waals surface area (Å²) in [7, 11) is 0. The zero-order chi connectivity index (χ0) is 11.4. The first-order chi connectivity index (χ1) is 7.31. The number of hydrogen-bond acceptors (Lipinski definition) is 2. The summed E-state index contributed by atoms with van der Waals surface area (Å²) in [6.07, 6.45) is 11.9. The van der Waals surface area contributed by atoms with Crippen LogP contribution in [0.1, 0.15) is 58.3 Å². The highest BCUT2D eigenvalue weighted by atomic mass is 15.2. The number of hydrazone groups is 1. The molecule has 4 N–H and O–H groups in total. The Morgan fingerprint density at radius 2 is 1.67 bits per heavy atom. The highest BCUT2D eigenvalue weighted by Crippen LogP contribution is 2.07. The minimum absolute atomic E-state index is 0.151. The molecular formula is C11H24N4. The van der Waals surface area contributed by atoms with E-state index in [1.54, 1.807) is 6.21 Å². The zero-order valence-corrected chi connectivity index (χ0v) is 9.78. The molecule has 88 valence electrons. The minimum atomic E-state index is 0.151. The van der Waals surface area contributed by atoms with E-state index in [9.17, 15) is 0 Å². The maximum Gasteiger partial charge on any atom is 0.236 e. The highest BCUT2D eigenvalue weighted by molar-refractivity contribution is 5.85. The van der Waals surface area contributed by atoms with Crippen LogP contribution in [-0.2, 0) is 0 Å². The number of nitrogens with two attached hydrogens (primary N) is 2. The molecule has 0 radical (unpaired) electrons. The van der Waals surface area contributed by atoms with Crippen LogP contribution in [0.4, 0.5) is 0 Å². The first-order valence-electron chi connectivity index (χ1n) is 5.87. The van der Waals surface area contributed by atoms with E-state index in [4.69, 9.17) is 11.6 Å². The van der Waals surface area contributed by atoms with E-state index in [1.165, 1.54) is 44.9 Å². The van der Waals surface area contributed by atoms with E-state index in [2.05, 4.69) is 17.0 Å². The van der Waals surface area contributed by atoms with Crippen molar-refractivity contribution in [3.63, 3.8) is 0 Å². The molecule has 4 heteroatoms. The lowest BCUT2D eigenvalue weighted by molar-refractivity contribution is 0.596. The van der Waals surface area contributed by atoms with Crippen molar-refractivity contribution in [1.29, 1.82) is 0 Å². The van der Waals surface area contributed by atoms with Gasteiger partial charge in [0.05, 0.1) is 0 Å². The van der Waals surface area contributed by atoms with Crippen molar-refractivity contribution in [1.82, 2.24) is 0 Å². The van der Waals surface area contributed by atoms with Crippen LogP contribution in [0.25, 0.3) is 0 Å². The van der Waals surface area contributed by atoms with Crippen molar-refractivity contribution in [3.05, 3.63) is 0 Å². The summed E-state index contributed by atoms with van der Waals surface area (Å²) < 4.78 is 0. The van der Waals surface area contributed by atoms with Gasteiger partial charge in [-0.1, -0.05) is 45.4 Å². The molecule has 15 heavy (non-hydrogen) atoms. The van der Waals surface area contributed by atoms with Crippen LogP contribution < -0.4 is 11.6 Å². The Bertz CT molecular complexity index is 187. The molecule has 0 aliphatic carbocycles. The smallest absolute Gasteiger partial charge is 0.236 e. The number of unbranched alkanes of at least 4 members (excludes halogenated alkanes) is 7. The largest absolute Gasteiger partial charge is 0.367 e. The molecule has 4 nitrogen and oxygen atoms in total. The summed E-state index contributed by atoms with van der Waals surface area (Å²) in [6.45, 7) is 2.24. The third kappa shape index (κ3) is 10.9. The van der Waals surface area contributed by atoms with E-state index in [1.807, 2.05) is 0 Å². The van der Waals surface area contributed by atoms with E-state index in [0.29, 0.717) is 0 Å². The van der Waals surface area contributed by atoms with Crippen molar-refractivity contribution < 1.29 is 0 Å². The van der Waals surface area contributed by atoms with Crippen molar-refractivity contribution in [2.24, 2.45) is 21.7 Å². The Hall–Kier alpha value is -1.06. The van der Waals surface area contributed by atoms with Crippen molar-refractivity contribution in [2.75, 3.05) is 0 Å². The molecule has 0 rings (SSSR count). The second-order valence-electron chi connectivity index (χ2n) is 3.71. The van der Waals surface area contributed by atoms with Gasteiger partial charge in [0.2, 0.25) is 5.96 Å². The lowest BCUT2D eigenvalue weighted by atomic mass is 10.1. The average molecular weight is 212 g/mol. The Labute approximate surface area is 92.8 Å². The predicted octanol–water partition coefficient (Wildman–Crippen LogP) is 2.39. The molecule has 0 heterocycles. The van der Waals surface area contributed by atoms with Gasteiger partial charge in [-0.15, -0.1) is 5.10 Å². The molecule has 0 aromatic carbocycles. The molecule has 0 aromatic rings. The summed E-state index contributed by atoms with van der Waals surface area (Å²) in [5.41, 5.74) is 5.30. The number of guanidine groups is 1. The average Bonchev–Trinajstić information content (AvgIpc) is 2.26. The lowest BCUT2D eigenvalue weighted by Crippen LogP contribution is -2.10. The van der Waals surface area contributed by atoms with Gasteiger partial charge in [-0.05, 0) is 12.8 Å². The van der Waals surface area contributed by atoms with E-state index >= 15 is 0 Å². The van der Waals surface area contributed by atoms with Gasteiger partial charge in [0.25, 0.3) is 0 Å². The minimum Gasteiger partial charge on any atom is -0.367 e. The van der Waals surface area contributed by atoms with E-state index in [0.717, 1.165) is 6.42 Å². The van der Waals surface area contributed by atoms with Crippen molar-refractivity contribution >= 4 is 12.2 Å². The summed E-state index contributed by atoms with van der Waals surface area (Å²) in [6, 6.07) is 0. The number of hydrogen-bond donors (Lipinski definition) is 2. The molecular weight excluding hydrogens is 188 g/mol. The Kier molecular flexibility index (Phi) is 10.2. The molecule has 0 spiro atoms. The fourth-order valence-corrected chi connectivity index (χ4v) is 1.38. The van der Waals surface area contributed by atoms with Crippen LogP contribution in [0.5, 0.6) is 0 Å². The summed E-state index contributed by atoms with van der Waals surface area (Å²) in [5, 5.41) is 3.25. The summed E-state index contributed by atoms with van der Waals surface area (Å²) in [5.74, 6) is 5.08. The predicted molar refractivity (Wildman–Crippen MR) is 66.9 cm³/mol. The normalized spacial score (nSPS) is 12.5. The molecule has 0 unspecified atom stereocenters. The molecule has 0 saturated carbocycles. The molecule has 0 atom stereocenters. The Balaban J connectivity index is 3.14. The third-order valence-corrected chi connectivity index (χ3v) is 2.29. The molecule has 0 saturated heterocycles. The van der Waals surface area contributed by atoms with Crippen LogP contribution in [0.3, 0.4) is 0 Å². The van der Waals surface area contributed by atoms with Crippen LogP contribution in [0.2, 0.25) is 0 Å². The van der Waals surface area contributed by atoms with Gasteiger partial charge < -0.3 is 11.6 Å². The second kappa shape index (κ2) is 11.0. The van der Waals surface area contributed by atoms with Crippen molar-refractivity contribution in [3.8, 4) is 0 Å². The van der Waals surface area contributed by atoms with Crippen molar-refractivity contribution in [2.45, 2.75) is 58.3 Å². The van der Waals surface area contributed by atoms with Gasteiger partial charge in [0.15, 0.2) is 0 Å². The van der Waals surface area contributed by atoms with Gasteiger partial charge in [-0.25, -0.2) is 4.99 Å². The first kappa shape index (κ1) is 13.9. The third-order valence-electron chi connectivity index (χ3n) is 2.29. The van der Waals surface area contributed by atoms with Gasteiger partial charge in [-0.3, -0.25) is 0 Å². The van der Waals surface area contributed by atoms with Gasteiger partial charge in [0.1, 0.15) is 0 Å².